The zero-order valence-corrected chi connectivity index (χ0v) is 7.73. The van der Waals surface area contributed by atoms with Crippen LogP contribution in [-0.4, -0.2) is 11.5 Å². The Balaban J connectivity index is 2.88. The van der Waals surface area contributed by atoms with E-state index in [0.29, 0.717) is 11.4 Å². The van der Waals surface area contributed by atoms with Crippen LogP contribution in [0, 0.1) is 18.8 Å². The van der Waals surface area contributed by atoms with E-state index in [4.69, 9.17) is 11.3 Å². The zero-order valence-electron chi connectivity index (χ0n) is 7.73. The molecular formula is C9H9N5. The fourth-order valence-corrected chi connectivity index (χ4v) is 0.858. The van der Waals surface area contributed by atoms with Gasteiger partial charge in [0.05, 0.1) is 12.2 Å². The van der Waals surface area contributed by atoms with Crippen molar-refractivity contribution in [2.24, 2.45) is 5.11 Å². The predicted molar refractivity (Wildman–Crippen MR) is 54.3 cm³/mol. The molecule has 0 aliphatic rings. The Hall–Kier alpha value is -2.18. The second kappa shape index (κ2) is 4.75. The molecule has 1 rings (SSSR count). The van der Waals surface area contributed by atoms with Gasteiger partial charge in [-0.05, 0) is 30.5 Å². The van der Waals surface area contributed by atoms with Gasteiger partial charge in [-0.1, -0.05) is 11.0 Å². The van der Waals surface area contributed by atoms with Crippen LogP contribution in [-0.2, 0) is 0 Å². The lowest BCUT2D eigenvalue weighted by atomic mass is 10.2. The van der Waals surface area contributed by atoms with Crippen LogP contribution in [0.3, 0.4) is 0 Å². The van der Waals surface area contributed by atoms with Gasteiger partial charge in [-0.15, -0.1) is 0 Å². The SMILES string of the molecule is Cc1ccc(N)c(C#CCN=[N+]=[N-])n1. The smallest absolute Gasteiger partial charge is 0.136 e. The lowest BCUT2D eigenvalue weighted by molar-refractivity contribution is 1.18. The molecule has 0 radical (unpaired) electrons. The monoisotopic (exact) mass is 187 g/mol. The van der Waals surface area contributed by atoms with Crippen molar-refractivity contribution in [2.75, 3.05) is 12.3 Å². The van der Waals surface area contributed by atoms with E-state index in [-0.39, 0.29) is 6.54 Å². The molecule has 0 fully saturated rings. The number of nitrogen functional groups attached to an aromatic ring is 1. The summed E-state index contributed by atoms with van der Waals surface area (Å²) in [7, 11) is 0. The normalized spacial score (nSPS) is 8.36. The predicted octanol–water partition coefficient (Wildman–Crippen LogP) is 1.63. The molecule has 5 nitrogen and oxygen atoms in total. The van der Waals surface area contributed by atoms with E-state index in [0.717, 1.165) is 5.69 Å². The average molecular weight is 187 g/mol. The molecule has 2 N–H and O–H groups in total. The molecule has 1 aromatic rings. The molecular weight excluding hydrogens is 178 g/mol. The van der Waals surface area contributed by atoms with Gasteiger partial charge < -0.3 is 5.73 Å². The minimum atomic E-state index is 0.131. The van der Waals surface area contributed by atoms with Crippen molar-refractivity contribution in [3.8, 4) is 11.8 Å². The first-order chi connectivity index (χ1) is 6.74. The third-order valence-electron chi connectivity index (χ3n) is 1.49. The Bertz CT molecular complexity index is 434. The molecule has 1 aromatic heterocycles. The fourth-order valence-electron chi connectivity index (χ4n) is 0.858. The van der Waals surface area contributed by atoms with Crippen molar-refractivity contribution in [3.05, 3.63) is 34.0 Å². The van der Waals surface area contributed by atoms with Gasteiger partial charge in [-0.25, -0.2) is 4.98 Å². The quantitative estimate of drug-likeness (QED) is 0.313. The Labute approximate surface area is 81.6 Å². The fraction of sp³-hybridized carbons (Fsp3) is 0.222. The Morgan fingerprint density at radius 1 is 1.64 bits per heavy atom. The molecule has 1 heterocycles. The van der Waals surface area contributed by atoms with Gasteiger partial charge in [0.1, 0.15) is 5.69 Å². The van der Waals surface area contributed by atoms with E-state index in [1.807, 2.05) is 13.0 Å². The van der Waals surface area contributed by atoms with Crippen LogP contribution < -0.4 is 5.73 Å². The van der Waals surface area contributed by atoms with Crippen molar-refractivity contribution in [1.82, 2.24) is 4.98 Å². The maximum Gasteiger partial charge on any atom is 0.136 e. The zero-order chi connectivity index (χ0) is 10.4. The topological polar surface area (TPSA) is 87.7 Å². The van der Waals surface area contributed by atoms with Crippen molar-refractivity contribution in [3.63, 3.8) is 0 Å². The maximum atomic E-state index is 8.01. The summed E-state index contributed by atoms with van der Waals surface area (Å²) in [4.78, 5) is 6.71. The summed E-state index contributed by atoms with van der Waals surface area (Å²) in [5.74, 6) is 5.40. The highest BCUT2D eigenvalue weighted by molar-refractivity contribution is 5.52. The molecule has 0 aromatic carbocycles. The number of rotatable bonds is 1. The van der Waals surface area contributed by atoms with Crippen molar-refractivity contribution < 1.29 is 0 Å². The maximum absolute atomic E-state index is 8.01. The van der Waals surface area contributed by atoms with E-state index in [9.17, 15) is 0 Å². The number of anilines is 1. The Kier molecular flexibility index (Phi) is 3.36. The number of azide groups is 1. The highest BCUT2D eigenvalue weighted by atomic mass is 15.1. The second-order valence-corrected chi connectivity index (χ2v) is 2.58. The van der Waals surface area contributed by atoms with Crippen LogP contribution in [0.2, 0.25) is 0 Å². The number of hydrogen-bond donors (Lipinski definition) is 1. The molecule has 0 unspecified atom stereocenters. The van der Waals surface area contributed by atoms with Crippen LogP contribution in [0.4, 0.5) is 5.69 Å². The van der Waals surface area contributed by atoms with Gasteiger partial charge in [0.25, 0.3) is 0 Å². The van der Waals surface area contributed by atoms with Crippen LogP contribution in [0.25, 0.3) is 10.4 Å². The molecule has 0 amide bonds. The van der Waals surface area contributed by atoms with Crippen LogP contribution in [0.5, 0.6) is 0 Å². The highest BCUT2D eigenvalue weighted by Crippen LogP contribution is 2.07. The largest absolute Gasteiger partial charge is 0.396 e. The molecule has 0 saturated carbocycles. The third kappa shape index (κ3) is 2.70. The van der Waals surface area contributed by atoms with Gasteiger partial charge in [0, 0.05) is 10.6 Å². The van der Waals surface area contributed by atoms with Crippen molar-refractivity contribution >= 4 is 5.69 Å². The first kappa shape index (κ1) is 9.90. The van der Waals surface area contributed by atoms with E-state index >= 15 is 0 Å². The summed E-state index contributed by atoms with van der Waals surface area (Å²) < 4.78 is 0. The molecule has 5 heteroatoms. The van der Waals surface area contributed by atoms with Gasteiger partial charge in [-0.2, -0.15) is 0 Å². The minimum Gasteiger partial charge on any atom is -0.396 e. The van der Waals surface area contributed by atoms with E-state index in [1.165, 1.54) is 0 Å². The summed E-state index contributed by atoms with van der Waals surface area (Å²) in [5, 5.41) is 3.28. The Morgan fingerprint density at radius 2 is 2.43 bits per heavy atom. The number of nitrogens with zero attached hydrogens (tertiary/aromatic N) is 4. The standard InChI is InChI=1S/C9H9N5/c1-7-4-5-8(10)9(13-7)3-2-6-12-14-11/h4-5H,6,10H2,1H3. The molecule has 0 saturated heterocycles. The number of pyridine rings is 1. The lowest BCUT2D eigenvalue weighted by Gasteiger charge is -1.97. The van der Waals surface area contributed by atoms with Gasteiger partial charge in [0.2, 0.25) is 0 Å². The average Bonchev–Trinajstić information content (AvgIpc) is 2.18. The van der Waals surface area contributed by atoms with E-state index in [1.54, 1.807) is 6.07 Å². The van der Waals surface area contributed by atoms with Crippen molar-refractivity contribution in [1.29, 1.82) is 0 Å². The summed E-state index contributed by atoms with van der Waals surface area (Å²) in [6.07, 6.45) is 0. The molecule has 0 atom stereocenters. The van der Waals surface area contributed by atoms with Crippen LogP contribution in [0.1, 0.15) is 11.4 Å². The summed E-state index contributed by atoms with van der Waals surface area (Å²) >= 11 is 0. The molecule has 14 heavy (non-hydrogen) atoms. The first-order valence-corrected chi connectivity index (χ1v) is 3.97. The van der Waals surface area contributed by atoms with E-state index < -0.39 is 0 Å². The number of hydrogen-bond acceptors (Lipinski definition) is 3. The molecule has 0 aliphatic carbocycles. The van der Waals surface area contributed by atoms with E-state index in [2.05, 4.69) is 26.9 Å². The Morgan fingerprint density at radius 3 is 3.14 bits per heavy atom. The summed E-state index contributed by atoms with van der Waals surface area (Å²) in [5.41, 5.74) is 15.6. The molecule has 0 bridgehead atoms. The number of aromatic nitrogens is 1. The lowest BCUT2D eigenvalue weighted by Crippen LogP contribution is -1.95. The summed E-state index contributed by atoms with van der Waals surface area (Å²) in [6, 6.07) is 3.56. The minimum absolute atomic E-state index is 0.131. The number of aryl methyl sites for hydroxylation is 1. The molecule has 0 aliphatic heterocycles. The van der Waals surface area contributed by atoms with Crippen LogP contribution in [0.15, 0.2) is 17.2 Å². The first-order valence-electron chi connectivity index (χ1n) is 3.97. The van der Waals surface area contributed by atoms with Gasteiger partial charge in [-0.3, -0.25) is 0 Å². The van der Waals surface area contributed by atoms with Gasteiger partial charge >= 0.3 is 0 Å². The molecule has 0 spiro atoms. The molecule has 70 valence electrons. The van der Waals surface area contributed by atoms with Crippen LogP contribution >= 0.6 is 0 Å². The van der Waals surface area contributed by atoms with Gasteiger partial charge in [0.15, 0.2) is 0 Å². The summed E-state index contributed by atoms with van der Waals surface area (Å²) in [6.45, 7) is 1.99. The van der Waals surface area contributed by atoms with Crippen molar-refractivity contribution in [2.45, 2.75) is 6.92 Å². The highest BCUT2D eigenvalue weighted by Gasteiger charge is 1.95. The second-order valence-electron chi connectivity index (χ2n) is 2.58. The third-order valence-corrected chi connectivity index (χ3v) is 1.49. The number of nitrogens with two attached hydrogens (primary N) is 1.